The van der Waals surface area contributed by atoms with Crippen molar-refractivity contribution in [1.29, 1.82) is 0 Å². The van der Waals surface area contributed by atoms with E-state index in [-0.39, 0.29) is 33.8 Å². The molecule has 2 N–H and O–H groups in total. The quantitative estimate of drug-likeness (QED) is 0.361. The number of thiocarbonyl (C=S) groups is 1. The lowest BCUT2D eigenvalue weighted by molar-refractivity contribution is -0.128. The van der Waals surface area contributed by atoms with E-state index in [1.165, 1.54) is 29.2 Å². The van der Waals surface area contributed by atoms with E-state index in [1.807, 2.05) is 0 Å². The van der Waals surface area contributed by atoms with Gasteiger partial charge >= 0.3 is 0 Å². The number of phenolic OH excluding ortho intramolecular Hbond substituents is 1. The van der Waals surface area contributed by atoms with Crippen LogP contribution in [-0.4, -0.2) is 40.1 Å². The zero-order chi connectivity index (χ0) is 17.9. The molecule has 6 nitrogen and oxygen atoms in total. The molecule has 126 valence electrons. The van der Waals surface area contributed by atoms with Crippen LogP contribution in [0.5, 0.6) is 11.5 Å². The first kappa shape index (κ1) is 18.0. The van der Waals surface area contributed by atoms with Crippen molar-refractivity contribution in [3.8, 4) is 11.5 Å². The summed E-state index contributed by atoms with van der Waals surface area (Å²) in [4.78, 5) is 25.8. The Hall–Kier alpha value is -2.38. The van der Waals surface area contributed by atoms with E-state index in [1.54, 1.807) is 6.92 Å². The van der Waals surface area contributed by atoms with Crippen molar-refractivity contribution in [2.75, 3.05) is 13.2 Å². The number of ether oxygens (including phenoxy) is 1. The van der Waals surface area contributed by atoms with E-state index in [2.05, 4.69) is 11.9 Å². The highest BCUT2D eigenvalue weighted by Crippen LogP contribution is 2.36. The molecule has 0 unspecified atom stereocenters. The molecular formula is C16H15ClN2O4S. The predicted octanol–water partition coefficient (Wildman–Crippen LogP) is 2.26. The van der Waals surface area contributed by atoms with E-state index in [4.69, 9.17) is 28.6 Å². The highest BCUT2D eigenvalue weighted by Gasteiger charge is 2.32. The number of amides is 2. The minimum atomic E-state index is -0.604. The number of nitrogens with zero attached hydrogens (tertiary/aromatic N) is 1. The molecule has 1 aromatic rings. The van der Waals surface area contributed by atoms with Crippen molar-refractivity contribution in [3.05, 3.63) is 40.9 Å². The van der Waals surface area contributed by atoms with Crippen molar-refractivity contribution >= 4 is 46.8 Å². The third-order valence-corrected chi connectivity index (χ3v) is 3.77. The van der Waals surface area contributed by atoms with Crippen LogP contribution in [0.1, 0.15) is 12.5 Å². The molecule has 1 fully saturated rings. The van der Waals surface area contributed by atoms with E-state index >= 15 is 0 Å². The normalized spacial score (nSPS) is 16.3. The van der Waals surface area contributed by atoms with Crippen LogP contribution < -0.4 is 10.1 Å². The summed E-state index contributed by atoms with van der Waals surface area (Å²) in [6, 6.07) is 2.92. The Bertz CT molecular complexity index is 761. The summed E-state index contributed by atoms with van der Waals surface area (Å²) >= 11 is 10.9. The maximum absolute atomic E-state index is 12.5. The number of carbonyl (C=O) groups is 2. The number of rotatable bonds is 5. The molecule has 1 aromatic carbocycles. The molecule has 1 aliphatic rings. The third-order valence-electron chi connectivity index (χ3n) is 3.16. The van der Waals surface area contributed by atoms with Crippen LogP contribution in [0.2, 0.25) is 5.02 Å². The summed E-state index contributed by atoms with van der Waals surface area (Å²) in [6.45, 7) is 5.81. The summed E-state index contributed by atoms with van der Waals surface area (Å²) in [5.41, 5.74) is 0.334. The van der Waals surface area contributed by atoms with Crippen molar-refractivity contribution in [2.45, 2.75) is 6.92 Å². The van der Waals surface area contributed by atoms with Crippen molar-refractivity contribution in [2.24, 2.45) is 0 Å². The number of carbonyl (C=O) groups excluding carboxylic acids is 2. The number of aromatic hydroxyl groups is 1. The molecule has 2 rings (SSSR count). The fourth-order valence-electron chi connectivity index (χ4n) is 2.10. The number of nitrogens with one attached hydrogen (secondary N) is 1. The molecule has 8 heteroatoms. The Morgan fingerprint density at radius 2 is 2.17 bits per heavy atom. The van der Waals surface area contributed by atoms with Gasteiger partial charge in [-0.3, -0.25) is 19.8 Å². The molecule has 0 spiro atoms. The van der Waals surface area contributed by atoms with E-state index in [0.717, 1.165) is 0 Å². The SMILES string of the molecule is C=CCN1C(=O)C(=Cc2cc(Cl)c(O)c(OCC)c2)C(=O)NC1=S. The summed E-state index contributed by atoms with van der Waals surface area (Å²) in [7, 11) is 0. The molecule has 1 saturated heterocycles. The summed E-state index contributed by atoms with van der Waals surface area (Å²) in [5.74, 6) is -1.17. The van der Waals surface area contributed by atoms with Gasteiger partial charge in [-0.2, -0.15) is 0 Å². The second kappa shape index (κ2) is 7.46. The van der Waals surface area contributed by atoms with Gasteiger partial charge in [0.25, 0.3) is 11.8 Å². The minimum absolute atomic E-state index is 0.0285. The van der Waals surface area contributed by atoms with Gasteiger partial charge in [-0.05, 0) is 42.9 Å². The van der Waals surface area contributed by atoms with Gasteiger partial charge in [0.1, 0.15) is 5.57 Å². The average molecular weight is 367 g/mol. The lowest BCUT2D eigenvalue weighted by atomic mass is 10.1. The standard InChI is InChI=1S/C16H15ClN2O4S/c1-3-5-19-15(22)10(14(21)18-16(19)24)6-9-7-11(17)13(20)12(8-9)23-4-2/h3,6-8,20H,1,4-5H2,2H3,(H,18,21,24). The molecule has 0 radical (unpaired) electrons. The molecular weight excluding hydrogens is 352 g/mol. The summed E-state index contributed by atoms with van der Waals surface area (Å²) in [6.07, 6.45) is 2.87. The fourth-order valence-corrected chi connectivity index (χ4v) is 2.57. The molecule has 0 atom stereocenters. The monoisotopic (exact) mass is 366 g/mol. The first-order valence-electron chi connectivity index (χ1n) is 7.04. The van der Waals surface area contributed by atoms with Crippen LogP contribution in [-0.2, 0) is 9.59 Å². The molecule has 1 heterocycles. The third kappa shape index (κ3) is 3.58. The van der Waals surface area contributed by atoms with Crippen LogP contribution in [0.4, 0.5) is 0 Å². The Balaban J connectivity index is 2.45. The number of benzene rings is 1. The van der Waals surface area contributed by atoms with Gasteiger partial charge in [-0.15, -0.1) is 6.58 Å². The van der Waals surface area contributed by atoms with Crippen LogP contribution >= 0.6 is 23.8 Å². The van der Waals surface area contributed by atoms with E-state index in [0.29, 0.717) is 12.2 Å². The zero-order valence-electron chi connectivity index (χ0n) is 12.8. The summed E-state index contributed by atoms with van der Waals surface area (Å²) in [5, 5.41) is 12.4. The molecule has 24 heavy (non-hydrogen) atoms. The van der Waals surface area contributed by atoms with Gasteiger partial charge in [-0.1, -0.05) is 17.7 Å². The van der Waals surface area contributed by atoms with Gasteiger partial charge < -0.3 is 9.84 Å². The average Bonchev–Trinajstić information content (AvgIpc) is 2.53. The molecule has 1 aliphatic heterocycles. The van der Waals surface area contributed by atoms with Crippen molar-refractivity contribution in [1.82, 2.24) is 10.2 Å². The van der Waals surface area contributed by atoms with Crippen molar-refractivity contribution in [3.63, 3.8) is 0 Å². The fraction of sp³-hybridized carbons (Fsp3) is 0.188. The highest BCUT2D eigenvalue weighted by molar-refractivity contribution is 7.80. The lowest BCUT2D eigenvalue weighted by Gasteiger charge is -2.27. The van der Waals surface area contributed by atoms with Crippen molar-refractivity contribution < 1.29 is 19.4 Å². The van der Waals surface area contributed by atoms with Crippen LogP contribution in [0.15, 0.2) is 30.4 Å². The number of hydrogen-bond acceptors (Lipinski definition) is 5. The van der Waals surface area contributed by atoms with Gasteiger partial charge in [0.05, 0.1) is 11.6 Å². The van der Waals surface area contributed by atoms with Crippen LogP contribution in [0.3, 0.4) is 0 Å². The molecule has 0 saturated carbocycles. The van der Waals surface area contributed by atoms with Gasteiger partial charge in [0.15, 0.2) is 16.6 Å². The zero-order valence-corrected chi connectivity index (χ0v) is 14.4. The Labute approximate surface area is 149 Å². The first-order valence-corrected chi connectivity index (χ1v) is 7.82. The predicted molar refractivity (Wildman–Crippen MR) is 94.9 cm³/mol. The molecule has 2 amide bonds. The number of phenols is 1. The van der Waals surface area contributed by atoms with Crippen LogP contribution in [0, 0.1) is 0 Å². The van der Waals surface area contributed by atoms with Gasteiger partial charge in [-0.25, -0.2) is 0 Å². The Morgan fingerprint density at radius 3 is 2.79 bits per heavy atom. The number of halogens is 1. The largest absolute Gasteiger partial charge is 0.503 e. The Morgan fingerprint density at radius 1 is 1.46 bits per heavy atom. The Kier molecular flexibility index (Phi) is 5.58. The van der Waals surface area contributed by atoms with Gasteiger partial charge in [0.2, 0.25) is 0 Å². The maximum Gasteiger partial charge on any atom is 0.265 e. The molecule has 0 aliphatic carbocycles. The van der Waals surface area contributed by atoms with Crippen LogP contribution in [0.25, 0.3) is 6.08 Å². The smallest absolute Gasteiger partial charge is 0.265 e. The number of hydrogen-bond donors (Lipinski definition) is 2. The lowest BCUT2D eigenvalue weighted by Crippen LogP contribution is -2.53. The first-order chi connectivity index (χ1) is 11.4. The minimum Gasteiger partial charge on any atom is -0.503 e. The summed E-state index contributed by atoms with van der Waals surface area (Å²) < 4.78 is 5.28. The van der Waals surface area contributed by atoms with Gasteiger partial charge in [0, 0.05) is 6.54 Å². The van der Waals surface area contributed by atoms with E-state index < -0.39 is 11.8 Å². The second-order valence-electron chi connectivity index (χ2n) is 4.80. The molecule has 0 aromatic heterocycles. The second-order valence-corrected chi connectivity index (χ2v) is 5.60. The maximum atomic E-state index is 12.5. The topological polar surface area (TPSA) is 78.9 Å². The highest BCUT2D eigenvalue weighted by atomic mass is 35.5. The molecule has 0 bridgehead atoms. The van der Waals surface area contributed by atoms with E-state index in [9.17, 15) is 14.7 Å².